The topological polar surface area (TPSA) is 56.9 Å². The second-order valence-corrected chi connectivity index (χ2v) is 6.41. The third kappa shape index (κ3) is 6.50. The highest BCUT2D eigenvalue weighted by Gasteiger charge is 2.21. The fraction of sp³-hybridized carbons (Fsp3) is 0.643. The Morgan fingerprint density at radius 1 is 1.48 bits per heavy atom. The predicted molar refractivity (Wildman–Crippen MR) is 102 cm³/mol. The van der Waals surface area contributed by atoms with Gasteiger partial charge in [0.15, 0.2) is 5.96 Å². The van der Waals surface area contributed by atoms with E-state index < -0.39 is 0 Å². The summed E-state index contributed by atoms with van der Waals surface area (Å²) in [6.07, 6.45) is 1.000. The molecule has 1 aliphatic rings. The van der Waals surface area contributed by atoms with Crippen LogP contribution in [0.25, 0.3) is 0 Å². The second-order valence-electron chi connectivity index (χ2n) is 5.38. The van der Waals surface area contributed by atoms with E-state index in [1.165, 1.54) is 4.88 Å². The molecule has 1 atom stereocenters. The van der Waals surface area contributed by atoms with E-state index >= 15 is 0 Å². The van der Waals surface area contributed by atoms with Gasteiger partial charge in [0.05, 0.1) is 6.54 Å². The maximum Gasteiger partial charge on any atom is 0.188 e. The number of piperazine rings is 1. The Bertz CT molecular complexity index is 423. The molecule has 2 heterocycles. The summed E-state index contributed by atoms with van der Waals surface area (Å²) < 4.78 is 0. The Kier molecular flexibility index (Phi) is 8.53. The van der Waals surface area contributed by atoms with Crippen molar-refractivity contribution in [3.05, 3.63) is 22.4 Å². The van der Waals surface area contributed by atoms with Crippen molar-refractivity contribution < 1.29 is 0 Å². The van der Waals surface area contributed by atoms with Crippen molar-refractivity contribution in [1.82, 2.24) is 15.1 Å². The van der Waals surface area contributed by atoms with Crippen LogP contribution in [0.1, 0.15) is 4.88 Å². The van der Waals surface area contributed by atoms with Gasteiger partial charge < -0.3 is 16.0 Å². The number of nitrogens with zero attached hydrogens (tertiary/aromatic N) is 3. The maximum atomic E-state index is 5.92. The summed E-state index contributed by atoms with van der Waals surface area (Å²) in [6.45, 7) is 4.89. The van der Waals surface area contributed by atoms with E-state index in [9.17, 15) is 0 Å². The van der Waals surface area contributed by atoms with Gasteiger partial charge >= 0.3 is 0 Å². The summed E-state index contributed by atoms with van der Waals surface area (Å²) in [6, 6.07) is 4.69. The van der Waals surface area contributed by atoms with Crippen LogP contribution in [0, 0.1) is 0 Å². The summed E-state index contributed by atoms with van der Waals surface area (Å²) in [7, 11) is 4.32. The van der Waals surface area contributed by atoms with Crippen molar-refractivity contribution >= 4 is 41.3 Å². The molecular formula is C14H26IN5S. The average Bonchev–Trinajstić information content (AvgIpc) is 2.93. The third-order valence-electron chi connectivity index (χ3n) is 3.71. The number of nitrogens with two attached hydrogens (primary N) is 1. The van der Waals surface area contributed by atoms with Gasteiger partial charge in [-0.3, -0.25) is 9.89 Å². The standard InChI is InChI=1S/C14H25N5S.HI/c1-18-7-8-19(2)12(11-18)10-17-14(15)16-6-5-13-4-3-9-20-13;/h3-4,9,12H,5-8,10-11H2,1-2H3,(H3,15,16,17);1H. The number of hydrogen-bond donors (Lipinski definition) is 2. The number of thiophene rings is 1. The molecule has 1 unspecified atom stereocenters. The molecular weight excluding hydrogens is 397 g/mol. The summed E-state index contributed by atoms with van der Waals surface area (Å²) >= 11 is 1.78. The van der Waals surface area contributed by atoms with E-state index in [1.54, 1.807) is 11.3 Å². The fourth-order valence-corrected chi connectivity index (χ4v) is 3.04. The number of rotatable bonds is 5. The highest BCUT2D eigenvalue weighted by atomic mass is 127. The first-order chi connectivity index (χ1) is 9.65. The molecule has 0 radical (unpaired) electrons. The molecule has 1 aromatic rings. The molecule has 2 rings (SSSR count). The van der Waals surface area contributed by atoms with Gasteiger partial charge in [-0.2, -0.15) is 0 Å². The van der Waals surface area contributed by atoms with Crippen LogP contribution in [0.5, 0.6) is 0 Å². The molecule has 0 aromatic carbocycles. The zero-order chi connectivity index (χ0) is 14.4. The number of halogens is 1. The van der Waals surface area contributed by atoms with E-state index in [0.29, 0.717) is 12.0 Å². The molecule has 0 spiro atoms. The highest BCUT2D eigenvalue weighted by molar-refractivity contribution is 14.0. The Labute approximate surface area is 148 Å². The van der Waals surface area contributed by atoms with Crippen molar-refractivity contribution in [2.75, 3.05) is 46.8 Å². The lowest BCUT2D eigenvalue weighted by atomic mass is 10.2. The molecule has 3 N–H and O–H groups in total. The summed E-state index contributed by atoms with van der Waals surface area (Å²) in [5.41, 5.74) is 5.92. The molecule has 1 aromatic heterocycles. The van der Waals surface area contributed by atoms with Crippen LogP contribution in [0.2, 0.25) is 0 Å². The number of likely N-dealkylation sites (N-methyl/N-ethyl adjacent to an activating group) is 2. The zero-order valence-electron chi connectivity index (χ0n) is 12.8. The predicted octanol–water partition coefficient (Wildman–Crippen LogP) is 1.06. The minimum absolute atomic E-state index is 0. The van der Waals surface area contributed by atoms with Crippen LogP contribution in [-0.4, -0.2) is 68.6 Å². The molecule has 5 nitrogen and oxygen atoms in total. The number of guanidine groups is 1. The van der Waals surface area contributed by atoms with Crippen molar-refractivity contribution in [2.45, 2.75) is 12.5 Å². The lowest BCUT2D eigenvalue weighted by molar-refractivity contribution is 0.119. The fourth-order valence-electron chi connectivity index (χ4n) is 2.33. The lowest BCUT2D eigenvalue weighted by Crippen LogP contribution is -2.51. The van der Waals surface area contributed by atoms with Gasteiger partial charge in [0.2, 0.25) is 0 Å². The monoisotopic (exact) mass is 423 g/mol. The highest BCUT2D eigenvalue weighted by Crippen LogP contribution is 2.08. The zero-order valence-corrected chi connectivity index (χ0v) is 15.9. The Morgan fingerprint density at radius 2 is 2.29 bits per heavy atom. The van der Waals surface area contributed by atoms with E-state index in [2.05, 4.69) is 51.7 Å². The van der Waals surface area contributed by atoms with Gasteiger partial charge in [-0.1, -0.05) is 6.07 Å². The van der Waals surface area contributed by atoms with Gasteiger partial charge in [0, 0.05) is 37.1 Å². The molecule has 7 heteroatoms. The molecule has 0 aliphatic carbocycles. The average molecular weight is 423 g/mol. The maximum absolute atomic E-state index is 5.92. The molecule has 0 saturated carbocycles. The van der Waals surface area contributed by atoms with E-state index in [1.807, 2.05) is 0 Å². The largest absolute Gasteiger partial charge is 0.370 e. The number of aliphatic imine (C=N–C) groups is 1. The molecule has 1 fully saturated rings. The van der Waals surface area contributed by atoms with Gasteiger partial charge in [-0.15, -0.1) is 35.3 Å². The second kappa shape index (κ2) is 9.60. The summed E-state index contributed by atoms with van der Waals surface area (Å²) in [4.78, 5) is 10.6. The normalized spacial score (nSPS) is 21.0. The minimum Gasteiger partial charge on any atom is -0.370 e. The van der Waals surface area contributed by atoms with Crippen LogP contribution in [0.4, 0.5) is 0 Å². The summed E-state index contributed by atoms with van der Waals surface area (Å²) in [5, 5.41) is 5.29. The van der Waals surface area contributed by atoms with Crippen molar-refractivity contribution in [1.29, 1.82) is 0 Å². The first-order valence-corrected chi connectivity index (χ1v) is 7.98. The Balaban J connectivity index is 0.00000220. The van der Waals surface area contributed by atoms with Crippen molar-refractivity contribution in [3.8, 4) is 0 Å². The third-order valence-corrected chi connectivity index (χ3v) is 4.65. The van der Waals surface area contributed by atoms with Gasteiger partial charge in [-0.05, 0) is 32.0 Å². The lowest BCUT2D eigenvalue weighted by Gasteiger charge is -2.36. The van der Waals surface area contributed by atoms with Gasteiger partial charge in [0.1, 0.15) is 0 Å². The number of nitrogens with one attached hydrogen (secondary N) is 1. The molecule has 21 heavy (non-hydrogen) atoms. The van der Waals surface area contributed by atoms with Crippen LogP contribution in [-0.2, 0) is 6.42 Å². The molecule has 0 amide bonds. The van der Waals surface area contributed by atoms with E-state index in [4.69, 9.17) is 5.73 Å². The van der Waals surface area contributed by atoms with E-state index in [-0.39, 0.29) is 24.0 Å². The van der Waals surface area contributed by atoms with Crippen LogP contribution >= 0.6 is 35.3 Å². The first-order valence-electron chi connectivity index (χ1n) is 7.10. The molecule has 1 saturated heterocycles. The Morgan fingerprint density at radius 3 is 3.00 bits per heavy atom. The molecule has 0 bridgehead atoms. The first kappa shape index (κ1) is 18.7. The van der Waals surface area contributed by atoms with Gasteiger partial charge in [0.25, 0.3) is 0 Å². The van der Waals surface area contributed by atoms with Crippen LogP contribution in [0.15, 0.2) is 22.5 Å². The molecule has 120 valence electrons. The van der Waals surface area contributed by atoms with Crippen LogP contribution in [0.3, 0.4) is 0 Å². The van der Waals surface area contributed by atoms with Crippen molar-refractivity contribution in [2.24, 2.45) is 10.7 Å². The Hall–Kier alpha value is -0.380. The minimum atomic E-state index is 0. The van der Waals surface area contributed by atoms with E-state index in [0.717, 1.165) is 39.1 Å². The van der Waals surface area contributed by atoms with Crippen molar-refractivity contribution in [3.63, 3.8) is 0 Å². The summed E-state index contributed by atoms with van der Waals surface area (Å²) in [5.74, 6) is 0.559. The van der Waals surface area contributed by atoms with Crippen LogP contribution < -0.4 is 11.1 Å². The number of hydrogen-bond acceptors (Lipinski definition) is 4. The SMILES string of the molecule is CN1CCN(C)C(CN=C(N)NCCc2cccs2)C1.I. The quantitative estimate of drug-likeness (QED) is 0.423. The smallest absolute Gasteiger partial charge is 0.188 e. The van der Waals surface area contributed by atoms with Gasteiger partial charge in [-0.25, -0.2) is 0 Å². The molecule has 1 aliphatic heterocycles.